The lowest BCUT2D eigenvalue weighted by molar-refractivity contribution is -0.137. The minimum Gasteiger partial charge on any atom is -0.315 e. The Kier molecular flexibility index (Phi) is 6.85. The van der Waals surface area contributed by atoms with Crippen molar-refractivity contribution in [1.29, 1.82) is 0 Å². The Labute approximate surface area is 161 Å². The first kappa shape index (κ1) is 21.7. The summed E-state index contributed by atoms with van der Waals surface area (Å²) < 4.78 is 65.4. The Balaban J connectivity index is 0.00000243. The van der Waals surface area contributed by atoms with Crippen LogP contribution in [0.1, 0.15) is 12.0 Å². The van der Waals surface area contributed by atoms with Crippen molar-refractivity contribution >= 4 is 34.0 Å². The lowest BCUT2D eigenvalue weighted by Gasteiger charge is -2.37. The van der Waals surface area contributed by atoms with Gasteiger partial charge in [0.15, 0.2) is 0 Å². The molecule has 2 heterocycles. The molecule has 26 heavy (non-hydrogen) atoms. The van der Waals surface area contributed by atoms with Crippen molar-refractivity contribution in [1.82, 2.24) is 14.5 Å². The molecule has 0 saturated carbocycles. The summed E-state index contributed by atoms with van der Waals surface area (Å²) in [6.07, 6.45) is -3.60. The van der Waals surface area contributed by atoms with E-state index < -0.39 is 26.7 Å². The van der Waals surface area contributed by atoms with Gasteiger partial charge in [-0.1, -0.05) is 11.6 Å². The highest BCUT2D eigenvalue weighted by Gasteiger charge is 2.36. The topological polar surface area (TPSA) is 52.7 Å². The molecule has 1 atom stereocenters. The molecule has 0 spiro atoms. The molecule has 11 heteroatoms. The standard InChI is InChI=1S/C15H19ClF3N3O2S.ClH/c16-13-2-1-11(15(17,18)19)9-14(13)25(23,24)22-7-5-21(6-8-22)12-3-4-20-10-12;/h1-2,9,12,20H,3-8,10H2;1H. The normalized spacial score (nSPS) is 23.0. The van der Waals surface area contributed by atoms with Crippen LogP contribution in [0.25, 0.3) is 0 Å². The average Bonchev–Trinajstić information content (AvgIpc) is 3.08. The molecule has 1 unspecified atom stereocenters. The summed E-state index contributed by atoms with van der Waals surface area (Å²) in [6.45, 7) is 3.43. The summed E-state index contributed by atoms with van der Waals surface area (Å²) in [5.74, 6) is 0. The van der Waals surface area contributed by atoms with E-state index in [1.54, 1.807) is 0 Å². The molecule has 5 nitrogen and oxygen atoms in total. The predicted molar refractivity (Wildman–Crippen MR) is 95.3 cm³/mol. The Bertz CT molecular complexity index is 732. The van der Waals surface area contributed by atoms with E-state index in [9.17, 15) is 21.6 Å². The zero-order chi connectivity index (χ0) is 18.2. The number of rotatable bonds is 3. The molecule has 2 saturated heterocycles. The van der Waals surface area contributed by atoms with Crippen LogP contribution < -0.4 is 5.32 Å². The lowest BCUT2D eigenvalue weighted by atomic mass is 10.2. The minimum absolute atomic E-state index is 0. The summed E-state index contributed by atoms with van der Waals surface area (Å²) in [4.78, 5) is 1.74. The van der Waals surface area contributed by atoms with E-state index in [-0.39, 0.29) is 30.5 Å². The quantitative estimate of drug-likeness (QED) is 0.795. The van der Waals surface area contributed by atoms with Crippen molar-refractivity contribution in [2.75, 3.05) is 39.3 Å². The second-order valence-electron chi connectivity index (χ2n) is 6.23. The molecule has 0 aliphatic carbocycles. The van der Waals surface area contributed by atoms with Gasteiger partial charge in [0.25, 0.3) is 0 Å². The molecule has 1 aromatic carbocycles. The maximum Gasteiger partial charge on any atom is 0.416 e. The van der Waals surface area contributed by atoms with Crippen LogP contribution in [0.4, 0.5) is 13.2 Å². The number of alkyl halides is 3. The van der Waals surface area contributed by atoms with Gasteiger partial charge in [-0.3, -0.25) is 4.90 Å². The van der Waals surface area contributed by atoms with E-state index in [1.165, 1.54) is 4.31 Å². The number of halogens is 5. The zero-order valence-electron chi connectivity index (χ0n) is 13.8. The molecule has 3 rings (SSSR count). The van der Waals surface area contributed by atoms with Gasteiger partial charge in [-0.05, 0) is 31.2 Å². The van der Waals surface area contributed by atoms with E-state index >= 15 is 0 Å². The number of sulfonamides is 1. The summed E-state index contributed by atoms with van der Waals surface area (Å²) in [6, 6.07) is 2.77. The third-order valence-electron chi connectivity index (χ3n) is 4.70. The van der Waals surface area contributed by atoms with Crippen LogP contribution in [0.5, 0.6) is 0 Å². The Morgan fingerprint density at radius 3 is 2.35 bits per heavy atom. The van der Waals surface area contributed by atoms with Gasteiger partial charge in [0.1, 0.15) is 4.90 Å². The molecule has 0 aromatic heterocycles. The van der Waals surface area contributed by atoms with Gasteiger partial charge in [0.2, 0.25) is 10.0 Å². The molecule has 2 aliphatic rings. The number of nitrogens with one attached hydrogen (secondary N) is 1. The summed E-state index contributed by atoms with van der Waals surface area (Å²) in [7, 11) is -4.06. The van der Waals surface area contributed by atoms with E-state index in [1.807, 2.05) is 0 Å². The van der Waals surface area contributed by atoms with Crippen molar-refractivity contribution in [2.24, 2.45) is 0 Å². The number of benzene rings is 1. The van der Waals surface area contributed by atoms with E-state index in [0.29, 0.717) is 25.2 Å². The van der Waals surface area contributed by atoms with Crippen molar-refractivity contribution in [2.45, 2.75) is 23.5 Å². The van der Waals surface area contributed by atoms with Crippen LogP contribution in [-0.2, 0) is 16.2 Å². The Morgan fingerprint density at radius 2 is 1.81 bits per heavy atom. The van der Waals surface area contributed by atoms with Crippen molar-refractivity contribution < 1.29 is 21.6 Å². The molecule has 1 N–H and O–H groups in total. The van der Waals surface area contributed by atoms with Crippen LogP contribution in [0.3, 0.4) is 0 Å². The van der Waals surface area contributed by atoms with Crippen molar-refractivity contribution in [3.63, 3.8) is 0 Å². The molecule has 1 aromatic rings. The number of hydrogen-bond donors (Lipinski definition) is 1. The third kappa shape index (κ3) is 4.45. The highest BCUT2D eigenvalue weighted by Crippen LogP contribution is 2.34. The van der Waals surface area contributed by atoms with Gasteiger partial charge >= 0.3 is 6.18 Å². The molecule has 0 radical (unpaired) electrons. The van der Waals surface area contributed by atoms with E-state index in [0.717, 1.165) is 31.6 Å². The predicted octanol–water partition coefficient (Wildman–Crippen LogP) is 2.45. The van der Waals surface area contributed by atoms with E-state index in [4.69, 9.17) is 11.6 Å². The second-order valence-corrected chi connectivity index (χ2v) is 8.54. The van der Waals surface area contributed by atoms with Gasteiger partial charge in [-0.25, -0.2) is 8.42 Å². The number of nitrogens with zero attached hydrogens (tertiary/aromatic N) is 2. The third-order valence-corrected chi connectivity index (χ3v) is 7.08. The summed E-state index contributed by atoms with van der Waals surface area (Å²) in [5.41, 5.74) is -1.02. The molecule has 2 aliphatic heterocycles. The van der Waals surface area contributed by atoms with Gasteiger partial charge < -0.3 is 5.32 Å². The monoisotopic (exact) mass is 433 g/mol. The van der Waals surface area contributed by atoms with Crippen molar-refractivity contribution in [3.8, 4) is 0 Å². The van der Waals surface area contributed by atoms with Gasteiger partial charge in [0, 0.05) is 38.8 Å². The molecule has 148 valence electrons. The maximum absolute atomic E-state index is 12.9. The van der Waals surface area contributed by atoms with Crippen LogP contribution in [-0.4, -0.2) is 62.9 Å². The highest BCUT2D eigenvalue weighted by molar-refractivity contribution is 7.89. The fourth-order valence-electron chi connectivity index (χ4n) is 3.28. The van der Waals surface area contributed by atoms with Crippen molar-refractivity contribution in [3.05, 3.63) is 28.8 Å². The first-order valence-corrected chi connectivity index (χ1v) is 9.83. The zero-order valence-corrected chi connectivity index (χ0v) is 16.2. The first-order chi connectivity index (χ1) is 11.7. The van der Waals surface area contributed by atoms with Gasteiger partial charge in [0.05, 0.1) is 10.6 Å². The number of hydrogen-bond acceptors (Lipinski definition) is 4. The SMILES string of the molecule is Cl.O=S(=O)(c1cc(C(F)(F)F)ccc1Cl)N1CCN(C2CCNC2)CC1. The van der Waals surface area contributed by atoms with Crippen LogP contribution in [0.15, 0.2) is 23.1 Å². The number of piperazine rings is 1. The van der Waals surface area contributed by atoms with Gasteiger partial charge in [-0.2, -0.15) is 17.5 Å². The molecular formula is C15H20Cl2F3N3O2S. The Hall–Kier alpha value is -0.580. The summed E-state index contributed by atoms with van der Waals surface area (Å²) >= 11 is 5.89. The van der Waals surface area contributed by atoms with Gasteiger partial charge in [-0.15, -0.1) is 12.4 Å². The Morgan fingerprint density at radius 1 is 1.15 bits per heavy atom. The minimum atomic E-state index is -4.62. The smallest absolute Gasteiger partial charge is 0.315 e. The summed E-state index contributed by atoms with van der Waals surface area (Å²) in [5, 5.41) is 3.07. The highest BCUT2D eigenvalue weighted by atomic mass is 35.5. The van der Waals surface area contributed by atoms with Crippen LogP contribution in [0.2, 0.25) is 5.02 Å². The average molecular weight is 434 g/mol. The van der Waals surface area contributed by atoms with E-state index in [2.05, 4.69) is 10.2 Å². The van der Waals surface area contributed by atoms with Crippen LogP contribution in [0, 0.1) is 0 Å². The fraction of sp³-hybridized carbons (Fsp3) is 0.600. The second kappa shape index (κ2) is 8.20. The largest absolute Gasteiger partial charge is 0.416 e. The molecular weight excluding hydrogens is 414 g/mol. The maximum atomic E-state index is 12.9. The molecule has 0 amide bonds. The van der Waals surface area contributed by atoms with Crippen LogP contribution >= 0.6 is 24.0 Å². The molecule has 0 bridgehead atoms. The fourth-order valence-corrected chi connectivity index (χ4v) is 5.20. The molecule has 2 fully saturated rings. The lowest BCUT2D eigenvalue weighted by Crippen LogP contribution is -2.52. The first-order valence-electron chi connectivity index (χ1n) is 8.01.